The van der Waals surface area contributed by atoms with Gasteiger partial charge in [-0.15, -0.1) is 0 Å². The summed E-state index contributed by atoms with van der Waals surface area (Å²) in [6.07, 6.45) is 0. The minimum absolute atomic E-state index is 0.158. The Morgan fingerprint density at radius 3 is 2.04 bits per heavy atom. The van der Waals surface area contributed by atoms with Crippen LogP contribution in [0.2, 0.25) is 0 Å². The fourth-order valence-corrected chi connectivity index (χ4v) is 3.75. The summed E-state index contributed by atoms with van der Waals surface area (Å²) in [6, 6.07) is 8.84. The molecule has 0 bridgehead atoms. The third-order valence-electron chi connectivity index (χ3n) is 4.15. The molecule has 0 saturated heterocycles. The van der Waals surface area contributed by atoms with Crippen molar-refractivity contribution in [1.29, 1.82) is 0 Å². The van der Waals surface area contributed by atoms with Crippen LogP contribution in [-0.4, -0.2) is 20.9 Å². The number of aryl methyl sites for hydroxylation is 5. The van der Waals surface area contributed by atoms with Gasteiger partial charge in [-0.3, -0.25) is 4.79 Å². The van der Waals surface area contributed by atoms with E-state index in [1.807, 2.05) is 46.8 Å². The first-order chi connectivity index (χ1) is 11.6. The zero-order valence-corrected chi connectivity index (χ0v) is 16.0. The summed E-state index contributed by atoms with van der Waals surface area (Å²) in [4.78, 5) is 12.3. The van der Waals surface area contributed by atoms with Crippen LogP contribution in [0.5, 0.6) is 0 Å². The topological polar surface area (TPSA) is 75.3 Å². The molecule has 0 radical (unpaired) electrons. The first-order valence-electron chi connectivity index (χ1n) is 8.05. The van der Waals surface area contributed by atoms with Gasteiger partial charge in [0.2, 0.25) is 15.9 Å². The van der Waals surface area contributed by atoms with E-state index in [-0.39, 0.29) is 11.4 Å². The normalized spacial score (nSPS) is 11.4. The highest BCUT2D eigenvalue weighted by atomic mass is 32.2. The lowest BCUT2D eigenvalue weighted by atomic mass is 10.1. The first-order valence-corrected chi connectivity index (χ1v) is 9.53. The molecule has 0 aliphatic heterocycles. The molecule has 0 aromatic heterocycles. The van der Waals surface area contributed by atoms with Gasteiger partial charge < -0.3 is 5.32 Å². The third kappa shape index (κ3) is 4.67. The van der Waals surface area contributed by atoms with Crippen molar-refractivity contribution in [3.63, 3.8) is 0 Å². The summed E-state index contributed by atoms with van der Waals surface area (Å²) in [5.41, 5.74) is 5.63. The largest absolute Gasteiger partial charge is 0.324 e. The van der Waals surface area contributed by atoms with E-state index in [0.717, 1.165) is 33.5 Å². The molecule has 2 aromatic rings. The van der Waals surface area contributed by atoms with Crippen molar-refractivity contribution in [2.75, 3.05) is 11.9 Å². The SMILES string of the molecule is Cc1cc(C)c(NC(=O)CNS(=O)(=O)c2ccc(C)c(C)c2)c(C)c1. The second kappa shape index (κ2) is 7.37. The van der Waals surface area contributed by atoms with Crippen molar-refractivity contribution >= 4 is 21.6 Å². The smallest absolute Gasteiger partial charge is 0.241 e. The van der Waals surface area contributed by atoms with E-state index >= 15 is 0 Å². The first kappa shape index (κ1) is 19.1. The highest BCUT2D eigenvalue weighted by Crippen LogP contribution is 2.21. The Morgan fingerprint density at radius 2 is 1.48 bits per heavy atom. The van der Waals surface area contributed by atoms with Crippen molar-refractivity contribution in [2.24, 2.45) is 0 Å². The van der Waals surface area contributed by atoms with Gasteiger partial charge in [0.25, 0.3) is 0 Å². The summed E-state index contributed by atoms with van der Waals surface area (Å²) in [5, 5.41) is 2.78. The van der Waals surface area contributed by atoms with Gasteiger partial charge in [-0.1, -0.05) is 23.8 Å². The molecule has 2 aromatic carbocycles. The molecule has 25 heavy (non-hydrogen) atoms. The second-order valence-corrected chi connectivity index (χ2v) is 8.16. The molecule has 2 N–H and O–H groups in total. The van der Waals surface area contributed by atoms with Crippen LogP contribution in [0.3, 0.4) is 0 Å². The average molecular weight is 360 g/mol. The minimum atomic E-state index is -3.72. The molecule has 6 heteroatoms. The van der Waals surface area contributed by atoms with Crippen molar-refractivity contribution in [3.8, 4) is 0 Å². The number of nitrogens with one attached hydrogen (secondary N) is 2. The van der Waals surface area contributed by atoms with Gasteiger partial charge in [-0.2, -0.15) is 0 Å². The van der Waals surface area contributed by atoms with Crippen LogP contribution in [0, 0.1) is 34.6 Å². The molecule has 0 saturated carbocycles. The molecule has 0 aliphatic rings. The number of carbonyl (C=O) groups is 1. The Hall–Kier alpha value is -2.18. The van der Waals surface area contributed by atoms with Gasteiger partial charge >= 0.3 is 0 Å². The average Bonchev–Trinajstić information content (AvgIpc) is 2.51. The van der Waals surface area contributed by atoms with E-state index in [2.05, 4.69) is 10.0 Å². The van der Waals surface area contributed by atoms with E-state index in [1.165, 1.54) is 6.07 Å². The standard InChI is InChI=1S/C19H24N2O3S/c1-12-8-15(4)19(16(5)9-12)21-18(22)11-20-25(23,24)17-7-6-13(2)14(3)10-17/h6-10,20H,11H2,1-5H3,(H,21,22). The van der Waals surface area contributed by atoms with Crippen LogP contribution in [0.1, 0.15) is 27.8 Å². The van der Waals surface area contributed by atoms with Crippen LogP contribution in [0.25, 0.3) is 0 Å². The molecule has 0 heterocycles. The van der Waals surface area contributed by atoms with Gasteiger partial charge in [0.1, 0.15) is 0 Å². The Balaban J connectivity index is 2.08. The Bertz CT molecular complexity index is 895. The lowest BCUT2D eigenvalue weighted by molar-refractivity contribution is -0.115. The van der Waals surface area contributed by atoms with Gasteiger partial charge in [-0.25, -0.2) is 13.1 Å². The zero-order valence-electron chi connectivity index (χ0n) is 15.2. The van der Waals surface area contributed by atoms with E-state index < -0.39 is 15.9 Å². The zero-order chi connectivity index (χ0) is 18.8. The van der Waals surface area contributed by atoms with Crippen LogP contribution >= 0.6 is 0 Å². The fraction of sp³-hybridized carbons (Fsp3) is 0.316. The molecule has 134 valence electrons. The molecule has 0 aliphatic carbocycles. The molecule has 0 fully saturated rings. The Morgan fingerprint density at radius 1 is 0.880 bits per heavy atom. The summed E-state index contributed by atoms with van der Waals surface area (Å²) < 4.78 is 27.0. The number of sulfonamides is 1. The number of anilines is 1. The maximum atomic E-state index is 12.3. The quantitative estimate of drug-likeness (QED) is 0.860. The van der Waals surface area contributed by atoms with E-state index in [9.17, 15) is 13.2 Å². The van der Waals surface area contributed by atoms with Crippen LogP contribution < -0.4 is 10.0 Å². The lowest BCUT2D eigenvalue weighted by Gasteiger charge is -2.13. The van der Waals surface area contributed by atoms with E-state index in [1.54, 1.807) is 12.1 Å². The maximum Gasteiger partial charge on any atom is 0.241 e. The Labute approximate surface area is 149 Å². The van der Waals surface area contributed by atoms with Crippen LogP contribution in [0.15, 0.2) is 35.2 Å². The second-order valence-electron chi connectivity index (χ2n) is 6.39. The van der Waals surface area contributed by atoms with Crippen molar-refractivity contribution < 1.29 is 13.2 Å². The van der Waals surface area contributed by atoms with E-state index in [4.69, 9.17) is 0 Å². The highest BCUT2D eigenvalue weighted by molar-refractivity contribution is 7.89. The van der Waals surface area contributed by atoms with Crippen molar-refractivity contribution in [2.45, 2.75) is 39.5 Å². The number of rotatable bonds is 5. The van der Waals surface area contributed by atoms with E-state index in [0.29, 0.717) is 0 Å². The predicted molar refractivity (Wildman–Crippen MR) is 100 cm³/mol. The predicted octanol–water partition coefficient (Wildman–Crippen LogP) is 3.15. The Kier molecular flexibility index (Phi) is 5.65. The molecular weight excluding hydrogens is 336 g/mol. The van der Waals surface area contributed by atoms with Crippen LogP contribution in [0.4, 0.5) is 5.69 Å². The molecule has 0 spiro atoms. The highest BCUT2D eigenvalue weighted by Gasteiger charge is 2.17. The summed E-state index contributed by atoms with van der Waals surface area (Å²) in [6.45, 7) is 9.26. The van der Waals surface area contributed by atoms with Gasteiger partial charge in [0.15, 0.2) is 0 Å². The molecular formula is C19H24N2O3S. The minimum Gasteiger partial charge on any atom is -0.324 e. The summed E-state index contributed by atoms with van der Waals surface area (Å²) >= 11 is 0. The maximum absolute atomic E-state index is 12.3. The molecule has 1 amide bonds. The van der Waals surface area contributed by atoms with Crippen molar-refractivity contribution in [1.82, 2.24) is 4.72 Å². The summed E-state index contributed by atoms with van der Waals surface area (Å²) in [5.74, 6) is -0.400. The molecule has 0 atom stereocenters. The van der Waals surface area contributed by atoms with Gasteiger partial charge in [0, 0.05) is 5.69 Å². The fourth-order valence-electron chi connectivity index (χ4n) is 2.69. The monoisotopic (exact) mass is 360 g/mol. The molecule has 0 unspecified atom stereocenters. The van der Waals surface area contributed by atoms with Gasteiger partial charge in [-0.05, 0) is 69.0 Å². The number of benzene rings is 2. The number of hydrogen-bond donors (Lipinski definition) is 2. The van der Waals surface area contributed by atoms with Gasteiger partial charge in [0.05, 0.1) is 11.4 Å². The number of carbonyl (C=O) groups excluding carboxylic acids is 1. The molecule has 5 nitrogen and oxygen atoms in total. The lowest BCUT2D eigenvalue weighted by Crippen LogP contribution is -2.33. The summed E-state index contributed by atoms with van der Waals surface area (Å²) in [7, 11) is -3.72. The third-order valence-corrected chi connectivity index (χ3v) is 5.55. The van der Waals surface area contributed by atoms with Crippen LogP contribution in [-0.2, 0) is 14.8 Å². The molecule has 2 rings (SSSR count). The van der Waals surface area contributed by atoms with Crippen molar-refractivity contribution in [3.05, 3.63) is 58.1 Å². The number of amides is 1. The number of hydrogen-bond acceptors (Lipinski definition) is 3.